The molecule has 0 amide bonds. The topological polar surface area (TPSA) is 35.6 Å². The molecule has 11 aromatic rings. The summed E-state index contributed by atoms with van der Waals surface area (Å²) in [6.07, 6.45) is 0. The molecule has 3 heterocycles. The van der Waals surface area contributed by atoms with E-state index in [0.29, 0.717) is 0 Å². The first-order valence-corrected chi connectivity index (χ1v) is 17.7. The zero-order chi connectivity index (χ0) is 34.2. The molecule has 0 aliphatic carbocycles. The molecule has 0 fully saturated rings. The monoisotopic (exact) mass is 662 g/mol. The van der Waals surface area contributed by atoms with E-state index in [4.69, 9.17) is 9.97 Å². The van der Waals surface area contributed by atoms with Gasteiger partial charge in [0.25, 0.3) is 0 Å². The fraction of sp³-hybridized carbons (Fsp3) is 0. The summed E-state index contributed by atoms with van der Waals surface area (Å²) in [7, 11) is 0. The van der Waals surface area contributed by atoms with E-state index in [1.165, 1.54) is 43.4 Å². The van der Waals surface area contributed by atoms with Crippen LogP contribution in [0.1, 0.15) is 0 Å². The lowest BCUT2D eigenvalue weighted by Crippen LogP contribution is -2.04. The van der Waals surface area contributed by atoms with Crippen molar-refractivity contribution >= 4 is 65.4 Å². The van der Waals surface area contributed by atoms with Gasteiger partial charge in [0, 0.05) is 38.2 Å². The van der Waals surface area contributed by atoms with Crippen LogP contribution in [-0.4, -0.2) is 19.1 Å². The van der Waals surface area contributed by atoms with Crippen LogP contribution in [0.2, 0.25) is 0 Å². The number of hydrogen-bond acceptors (Lipinski definition) is 2. The molecular weight excluding hydrogens is 633 g/mol. The quantitative estimate of drug-likeness (QED) is 0.188. The van der Waals surface area contributed by atoms with Gasteiger partial charge in [-0.05, 0) is 59.0 Å². The van der Waals surface area contributed by atoms with Gasteiger partial charge in [-0.15, -0.1) is 0 Å². The first kappa shape index (κ1) is 28.8. The molecule has 0 saturated heterocycles. The highest BCUT2D eigenvalue weighted by atomic mass is 15.1. The second kappa shape index (κ2) is 11.2. The Labute approximate surface area is 299 Å². The Kier molecular flexibility index (Phi) is 6.22. The summed E-state index contributed by atoms with van der Waals surface area (Å²) >= 11 is 0. The van der Waals surface area contributed by atoms with E-state index in [1.54, 1.807) is 0 Å². The normalized spacial score (nSPS) is 11.8. The second-order valence-electron chi connectivity index (χ2n) is 13.4. The van der Waals surface area contributed by atoms with Gasteiger partial charge in [-0.2, -0.15) is 0 Å². The Hall–Kier alpha value is -7.04. The van der Waals surface area contributed by atoms with Crippen molar-refractivity contribution < 1.29 is 0 Å². The maximum absolute atomic E-state index is 5.43. The minimum absolute atomic E-state index is 0.808. The van der Waals surface area contributed by atoms with Gasteiger partial charge in [-0.3, -0.25) is 4.57 Å². The number of aromatic nitrogens is 4. The molecule has 52 heavy (non-hydrogen) atoms. The van der Waals surface area contributed by atoms with Gasteiger partial charge in [-0.1, -0.05) is 140 Å². The van der Waals surface area contributed by atoms with Crippen molar-refractivity contribution in [2.24, 2.45) is 0 Å². The van der Waals surface area contributed by atoms with Crippen LogP contribution in [-0.2, 0) is 0 Å². The first-order chi connectivity index (χ1) is 25.8. The lowest BCUT2D eigenvalue weighted by molar-refractivity contribution is 1.08. The van der Waals surface area contributed by atoms with Crippen LogP contribution < -0.4 is 0 Å². The molecule has 11 rings (SSSR count). The molecule has 4 nitrogen and oxygen atoms in total. The van der Waals surface area contributed by atoms with Gasteiger partial charge in [0.1, 0.15) is 5.69 Å². The first-order valence-electron chi connectivity index (χ1n) is 17.7. The average molecular weight is 663 g/mol. The number of nitrogens with zero attached hydrogens (tertiary/aromatic N) is 4. The van der Waals surface area contributed by atoms with Crippen molar-refractivity contribution in [3.05, 3.63) is 182 Å². The number of rotatable bonds is 4. The Bertz CT molecular complexity index is 3160. The maximum Gasteiger partial charge on any atom is 0.165 e. The van der Waals surface area contributed by atoms with Crippen molar-refractivity contribution in [1.82, 2.24) is 19.1 Å². The SMILES string of the molecule is c1ccc(-c2ccc3c4cc5c6ccc7ccccc7c6n(-c6ccccc6)c5cc4n(-c4nc5ccccc5nc4-c4ccccc4)c3c2)cc1. The smallest absolute Gasteiger partial charge is 0.165 e. The standard InChI is InChI=1S/C48H30N4/c1-4-14-31(15-5-1)34-25-26-37-39-29-40-38-27-24-32-16-10-11-21-36(32)47(38)51(35-19-8-3-9-20-35)44(40)30-45(39)52(43(37)28-34)48-46(33-17-6-2-7-18-33)49-41-22-12-13-23-42(41)50-48/h1-30H. The van der Waals surface area contributed by atoms with E-state index < -0.39 is 0 Å². The van der Waals surface area contributed by atoms with Crippen LogP contribution >= 0.6 is 0 Å². The van der Waals surface area contributed by atoms with Gasteiger partial charge in [0.05, 0.1) is 33.1 Å². The van der Waals surface area contributed by atoms with Gasteiger partial charge in [-0.25, -0.2) is 9.97 Å². The Morgan fingerprint density at radius 1 is 0.346 bits per heavy atom. The number of fused-ring (bicyclic) bond motifs is 9. The van der Waals surface area contributed by atoms with Gasteiger partial charge in [0.2, 0.25) is 0 Å². The van der Waals surface area contributed by atoms with Crippen LogP contribution in [0.4, 0.5) is 0 Å². The highest BCUT2D eigenvalue weighted by molar-refractivity contribution is 6.23. The fourth-order valence-corrected chi connectivity index (χ4v) is 8.11. The summed E-state index contributed by atoms with van der Waals surface area (Å²) in [5.74, 6) is 0.808. The molecule has 242 valence electrons. The summed E-state index contributed by atoms with van der Waals surface area (Å²) in [5, 5.41) is 7.26. The van der Waals surface area contributed by atoms with E-state index in [-0.39, 0.29) is 0 Å². The molecule has 0 bridgehead atoms. The number of para-hydroxylation sites is 3. The Balaban J connectivity index is 1.34. The molecular formula is C48H30N4. The van der Waals surface area contributed by atoms with Gasteiger partial charge >= 0.3 is 0 Å². The number of hydrogen-bond donors (Lipinski definition) is 0. The molecule has 3 aromatic heterocycles. The molecule has 0 radical (unpaired) electrons. The molecule has 0 saturated carbocycles. The third kappa shape index (κ3) is 4.28. The number of benzene rings is 8. The largest absolute Gasteiger partial charge is 0.309 e. The van der Waals surface area contributed by atoms with Crippen LogP contribution in [0.3, 0.4) is 0 Å². The molecule has 0 spiro atoms. The minimum Gasteiger partial charge on any atom is -0.309 e. The van der Waals surface area contributed by atoms with Crippen molar-refractivity contribution in [2.45, 2.75) is 0 Å². The molecule has 0 unspecified atom stereocenters. The zero-order valence-corrected chi connectivity index (χ0v) is 28.1. The van der Waals surface area contributed by atoms with Crippen molar-refractivity contribution in [2.75, 3.05) is 0 Å². The van der Waals surface area contributed by atoms with E-state index in [1.807, 2.05) is 24.3 Å². The average Bonchev–Trinajstić information content (AvgIpc) is 3.72. The molecule has 0 aliphatic heterocycles. The summed E-state index contributed by atoms with van der Waals surface area (Å²) in [4.78, 5) is 10.7. The lowest BCUT2D eigenvalue weighted by Gasteiger charge is -2.14. The van der Waals surface area contributed by atoms with Crippen molar-refractivity contribution in [1.29, 1.82) is 0 Å². The predicted molar refractivity (Wildman–Crippen MR) is 217 cm³/mol. The highest BCUT2D eigenvalue weighted by Gasteiger charge is 2.23. The summed E-state index contributed by atoms with van der Waals surface area (Å²) < 4.78 is 4.79. The minimum atomic E-state index is 0.808. The van der Waals surface area contributed by atoms with Crippen molar-refractivity contribution in [3.8, 4) is 33.9 Å². The molecule has 0 aliphatic rings. The van der Waals surface area contributed by atoms with Crippen LogP contribution in [0.5, 0.6) is 0 Å². The van der Waals surface area contributed by atoms with E-state index in [9.17, 15) is 0 Å². The third-order valence-corrected chi connectivity index (χ3v) is 10.5. The molecule has 4 heteroatoms. The van der Waals surface area contributed by atoms with Crippen LogP contribution in [0, 0.1) is 0 Å². The Morgan fingerprint density at radius 2 is 0.942 bits per heavy atom. The van der Waals surface area contributed by atoms with E-state index >= 15 is 0 Å². The summed E-state index contributed by atoms with van der Waals surface area (Å²) in [6.45, 7) is 0. The Morgan fingerprint density at radius 3 is 1.73 bits per heavy atom. The zero-order valence-electron chi connectivity index (χ0n) is 28.1. The molecule has 0 atom stereocenters. The van der Waals surface area contributed by atoms with Crippen LogP contribution in [0.25, 0.3) is 99.3 Å². The van der Waals surface area contributed by atoms with E-state index in [0.717, 1.165) is 55.9 Å². The maximum atomic E-state index is 5.43. The lowest BCUT2D eigenvalue weighted by atomic mass is 10.0. The van der Waals surface area contributed by atoms with Gasteiger partial charge < -0.3 is 4.57 Å². The third-order valence-electron chi connectivity index (χ3n) is 10.5. The second-order valence-corrected chi connectivity index (χ2v) is 13.4. The predicted octanol–water partition coefficient (Wildman–Crippen LogP) is 12.3. The fourth-order valence-electron chi connectivity index (χ4n) is 8.11. The summed E-state index contributed by atoms with van der Waals surface area (Å²) in [5.41, 5.74) is 11.6. The van der Waals surface area contributed by atoms with E-state index in [2.05, 4.69) is 167 Å². The van der Waals surface area contributed by atoms with Crippen LogP contribution in [0.15, 0.2) is 182 Å². The van der Waals surface area contributed by atoms with Gasteiger partial charge in [0.15, 0.2) is 5.82 Å². The highest BCUT2D eigenvalue weighted by Crippen LogP contribution is 2.43. The molecule has 0 N–H and O–H groups in total. The molecule has 8 aromatic carbocycles. The van der Waals surface area contributed by atoms with Crippen molar-refractivity contribution in [3.63, 3.8) is 0 Å². The summed E-state index contributed by atoms with van der Waals surface area (Å²) in [6, 6.07) is 64.8.